The summed E-state index contributed by atoms with van der Waals surface area (Å²) in [5, 5.41) is 3.34. The molecular formula is C15H12FN. The molecule has 0 bridgehead atoms. The number of fused-ring (bicyclic) bond motifs is 1. The van der Waals surface area contributed by atoms with Gasteiger partial charge in [-0.05, 0) is 35.4 Å². The predicted molar refractivity (Wildman–Crippen MR) is 69.2 cm³/mol. The van der Waals surface area contributed by atoms with Crippen LogP contribution < -0.4 is 5.32 Å². The summed E-state index contributed by atoms with van der Waals surface area (Å²) in [5.74, 6) is -0.197. The highest BCUT2D eigenvalue weighted by Gasteiger charge is 2.13. The van der Waals surface area contributed by atoms with E-state index in [9.17, 15) is 4.39 Å². The van der Waals surface area contributed by atoms with Gasteiger partial charge in [0.2, 0.25) is 0 Å². The van der Waals surface area contributed by atoms with E-state index in [2.05, 4.69) is 23.5 Å². The van der Waals surface area contributed by atoms with Gasteiger partial charge in [0, 0.05) is 17.8 Å². The second-order valence-electron chi connectivity index (χ2n) is 4.12. The summed E-state index contributed by atoms with van der Waals surface area (Å²) >= 11 is 0. The van der Waals surface area contributed by atoms with Gasteiger partial charge in [0.1, 0.15) is 5.82 Å². The van der Waals surface area contributed by atoms with Crippen LogP contribution in [0.3, 0.4) is 0 Å². The van der Waals surface area contributed by atoms with E-state index in [-0.39, 0.29) is 5.82 Å². The van der Waals surface area contributed by atoms with Gasteiger partial charge in [0.25, 0.3) is 0 Å². The van der Waals surface area contributed by atoms with Crippen molar-refractivity contribution in [2.24, 2.45) is 0 Å². The molecule has 2 aromatic rings. The van der Waals surface area contributed by atoms with Crippen LogP contribution in [0.4, 0.5) is 10.1 Å². The van der Waals surface area contributed by atoms with Crippen LogP contribution in [0.5, 0.6) is 0 Å². The topological polar surface area (TPSA) is 12.0 Å². The smallest absolute Gasteiger partial charge is 0.123 e. The Balaban J connectivity index is 1.99. The van der Waals surface area contributed by atoms with Crippen molar-refractivity contribution >= 4 is 17.3 Å². The van der Waals surface area contributed by atoms with Gasteiger partial charge in [-0.3, -0.25) is 0 Å². The quantitative estimate of drug-likeness (QED) is 0.778. The van der Waals surface area contributed by atoms with E-state index in [0.29, 0.717) is 0 Å². The lowest BCUT2D eigenvalue weighted by Gasteiger charge is -1.99. The molecule has 0 aliphatic carbocycles. The molecular weight excluding hydrogens is 213 g/mol. The second kappa shape index (κ2) is 4.06. The third-order valence-corrected chi connectivity index (χ3v) is 2.95. The number of halogens is 1. The Labute approximate surface area is 99.6 Å². The second-order valence-corrected chi connectivity index (χ2v) is 4.12. The van der Waals surface area contributed by atoms with Crippen molar-refractivity contribution in [3.8, 4) is 0 Å². The summed E-state index contributed by atoms with van der Waals surface area (Å²) in [7, 11) is 0. The van der Waals surface area contributed by atoms with Gasteiger partial charge in [0.15, 0.2) is 0 Å². The van der Waals surface area contributed by atoms with Gasteiger partial charge >= 0.3 is 0 Å². The highest BCUT2D eigenvalue weighted by atomic mass is 19.1. The third kappa shape index (κ3) is 1.94. The van der Waals surface area contributed by atoms with E-state index in [4.69, 9.17) is 0 Å². The van der Waals surface area contributed by atoms with Gasteiger partial charge in [-0.15, -0.1) is 0 Å². The molecule has 1 aliphatic rings. The normalized spacial score (nSPS) is 15.7. The molecule has 2 aromatic carbocycles. The maximum absolute atomic E-state index is 12.8. The van der Waals surface area contributed by atoms with Crippen molar-refractivity contribution in [2.45, 2.75) is 0 Å². The molecule has 0 radical (unpaired) electrons. The Morgan fingerprint density at radius 3 is 2.59 bits per heavy atom. The number of para-hydroxylation sites is 1. The van der Waals surface area contributed by atoms with Crippen LogP contribution in [-0.4, -0.2) is 6.54 Å². The molecule has 2 heteroatoms. The summed E-state index contributed by atoms with van der Waals surface area (Å²) in [5.41, 5.74) is 4.67. The number of hydrogen-bond acceptors (Lipinski definition) is 1. The molecule has 0 saturated heterocycles. The molecule has 17 heavy (non-hydrogen) atoms. The summed E-state index contributed by atoms with van der Waals surface area (Å²) in [6.45, 7) is 0.830. The summed E-state index contributed by atoms with van der Waals surface area (Å²) < 4.78 is 12.8. The van der Waals surface area contributed by atoms with E-state index in [0.717, 1.165) is 12.1 Å². The van der Waals surface area contributed by atoms with Crippen molar-refractivity contribution < 1.29 is 4.39 Å². The molecule has 1 N–H and O–H groups in total. The Hall–Kier alpha value is -2.09. The van der Waals surface area contributed by atoms with Crippen LogP contribution in [0.2, 0.25) is 0 Å². The lowest BCUT2D eigenvalue weighted by molar-refractivity contribution is 0.628. The lowest BCUT2D eigenvalue weighted by atomic mass is 10.0. The standard InChI is InChI=1S/C15H12FN/c16-13-7-5-11(6-8-13)9-12-10-17-15-4-2-1-3-14(12)15/h1-9,17H,10H2. The van der Waals surface area contributed by atoms with E-state index in [1.807, 2.05) is 12.1 Å². The fourth-order valence-corrected chi connectivity index (χ4v) is 2.09. The van der Waals surface area contributed by atoms with Gasteiger partial charge < -0.3 is 5.32 Å². The molecule has 0 aromatic heterocycles. The monoisotopic (exact) mass is 225 g/mol. The molecule has 1 aliphatic heterocycles. The van der Waals surface area contributed by atoms with E-state index < -0.39 is 0 Å². The first-order chi connectivity index (χ1) is 8.33. The number of benzene rings is 2. The van der Waals surface area contributed by atoms with Crippen LogP contribution in [0.1, 0.15) is 11.1 Å². The van der Waals surface area contributed by atoms with E-state index in [1.54, 1.807) is 12.1 Å². The van der Waals surface area contributed by atoms with Crippen molar-refractivity contribution in [3.63, 3.8) is 0 Å². The summed E-state index contributed by atoms with van der Waals surface area (Å²) in [4.78, 5) is 0. The molecule has 3 rings (SSSR count). The fourth-order valence-electron chi connectivity index (χ4n) is 2.09. The Kier molecular flexibility index (Phi) is 2.41. The Morgan fingerprint density at radius 1 is 1.00 bits per heavy atom. The van der Waals surface area contributed by atoms with Gasteiger partial charge in [-0.2, -0.15) is 0 Å². The number of hydrogen-bond donors (Lipinski definition) is 1. The molecule has 84 valence electrons. The number of rotatable bonds is 1. The zero-order valence-electron chi connectivity index (χ0n) is 9.28. The molecule has 0 spiro atoms. The molecule has 0 amide bonds. The molecule has 0 atom stereocenters. The van der Waals surface area contributed by atoms with Gasteiger partial charge in [-0.25, -0.2) is 4.39 Å². The molecule has 1 nitrogen and oxygen atoms in total. The van der Waals surface area contributed by atoms with Crippen molar-refractivity contribution in [3.05, 3.63) is 65.5 Å². The summed E-state index contributed by atoms with van der Waals surface area (Å²) in [6.07, 6.45) is 2.10. The Morgan fingerprint density at radius 2 is 1.76 bits per heavy atom. The average Bonchev–Trinajstić information content (AvgIpc) is 2.76. The van der Waals surface area contributed by atoms with Crippen LogP contribution in [0.15, 0.2) is 48.5 Å². The third-order valence-electron chi connectivity index (χ3n) is 2.95. The van der Waals surface area contributed by atoms with Crippen molar-refractivity contribution in [2.75, 3.05) is 11.9 Å². The summed E-state index contributed by atoms with van der Waals surface area (Å²) in [6, 6.07) is 14.8. The van der Waals surface area contributed by atoms with Gasteiger partial charge in [-0.1, -0.05) is 30.3 Å². The average molecular weight is 225 g/mol. The van der Waals surface area contributed by atoms with E-state index >= 15 is 0 Å². The molecule has 0 fully saturated rings. The minimum absolute atomic E-state index is 0.197. The first-order valence-electron chi connectivity index (χ1n) is 5.62. The van der Waals surface area contributed by atoms with Crippen molar-refractivity contribution in [1.29, 1.82) is 0 Å². The van der Waals surface area contributed by atoms with Crippen LogP contribution >= 0.6 is 0 Å². The van der Waals surface area contributed by atoms with Crippen LogP contribution in [0.25, 0.3) is 11.6 Å². The first-order valence-corrected chi connectivity index (χ1v) is 5.62. The fraction of sp³-hybridized carbons (Fsp3) is 0.0667. The largest absolute Gasteiger partial charge is 0.380 e. The SMILES string of the molecule is Fc1ccc(C=C2CNc3ccccc32)cc1. The minimum Gasteiger partial charge on any atom is -0.380 e. The van der Waals surface area contributed by atoms with Crippen molar-refractivity contribution in [1.82, 2.24) is 0 Å². The lowest BCUT2D eigenvalue weighted by Crippen LogP contribution is -1.91. The zero-order chi connectivity index (χ0) is 11.7. The first kappa shape index (κ1) is 10.1. The highest BCUT2D eigenvalue weighted by Crippen LogP contribution is 2.31. The number of nitrogens with one attached hydrogen (secondary N) is 1. The Bertz CT molecular complexity index is 570. The molecule has 1 heterocycles. The van der Waals surface area contributed by atoms with Crippen LogP contribution in [-0.2, 0) is 0 Å². The highest BCUT2D eigenvalue weighted by molar-refractivity contribution is 5.92. The van der Waals surface area contributed by atoms with Crippen LogP contribution in [0, 0.1) is 5.82 Å². The number of anilines is 1. The maximum atomic E-state index is 12.8. The molecule has 0 unspecified atom stereocenters. The minimum atomic E-state index is -0.197. The van der Waals surface area contributed by atoms with Gasteiger partial charge in [0.05, 0.1) is 0 Å². The maximum Gasteiger partial charge on any atom is 0.123 e. The molecule has 0 saturated carbocycles. The zero-order valence-corrected chi connectivity index (χ0v) is 9.28. The van der Waals surface area contributed by atoms with E-state index in [1.165, 1.54) is 29.0 Å². The predicted octanol–water partition coefficient (Wildman–Crippen LogP) is 3.79.